The molecule has 60 heavy (non-hydrogen) atoms. The second-order valence-corrected chi connectivity index (χ2v) is 16.7. The smallest absolute Gasteiger partial charge is 0.143 e. The van der Waals surface area contributed by atoms with Crippen molar-refractivity contribution in [2.24, 2.45) is 0 Å². The molecule has 4 heteroatoms. The molecule has 3 aromatic heterocycles. The molecule has 0 aliphatic rings. The Balaban J connectivity index is 0.936. The van der Waals surface area contributed by atoms with Gasteiger partial charge in [0.2, 0.25) is 0 Å². The van der Waals surface area contributed by atoms with Crippen LogP contribution in [0, 0.1) is 0 Å². The van der Waals surface area contributed by atoms with E-state index in [-0.39, 0.29) is 0 Å². The molecular weight excluding hydrogens is 751 g/mol. The van der Waals surface area contributed by atoms with E-state index < -0.39 is 0 Å². The van der Waals surface area contributed by atoms with Gasteiger partial charge in [0.15, 0.2) is 0 Å². The molecule has 10 aromatic carbocycles. The van der Waals surface area contributed by atoms with Crippen molar-refractivity contribution >= 4 is 114 Å². The van der Waals surface area contributed by atoms with Crippen LogP contribution in [-0.4, -0.2) is 0 Å². The summed E-state index contributed by atoms with van der Waals surface area (Å²) in [4.78, 5) is 2.40. The minimum Gasteiger partial charge on any atom is -0.455 e. The van der Waals surface area contributed by atoms with Crippen molar-refractivity contribution in [2.75, 3.05) is 4.90 Å². The van der Waals surface area contributed by atoms with Crippen LogP contribution in [0.2, 0.25) is 0 Å². The number of furan rings is 2. The summed E-state index contributed by atoms with van der Waals surface area (Å²) in [5, 5.41) is 11.7. The Morgan fingerprint density at radius 3 is 1.67 bits per heavy atom. The minimum atomic E-state index is 0.900. The third-order valence-electron chi connectivity index (χ3n) is 12.3. The Kier molecular flexibility index (Phi) is 7.18. The van der Waals surface area contributed by atoms with Crippen molar-refractivity contribution in [1.82, 2.24) is 0 Å². The fourth-order valence-corrected chi connectivity index (χ4v) is 10.5. The minimum absolute atomic E-state index is 0.900. The lowest BCUT2D eigenvalue weighted by atomic mass is 10.00. The van der Waals surface area contributed by atoms with E-state index in [1.165, 1.54) is 30.9 Å². The van der Waals surface area contributed by atoms with E-state index in [0.717, 1.165) is 94.0 Å². The molecule has 0 spiro atoms. The van der Waals surface area contributed by atoms with Crippen LogP contribution in [0.25, 0.3) is 108 Å². The highest BCUT2D eigenvalue weighted by atomic mass is 32.1. The van der Waals surface area contributed by atoms with E-state index >= 15 is 0 Å². The predicted molar refractivity (Wildman–Crippen MR) is 254 cm³/mol. The van der Waals surface area contributed by atoms with Gasteiger partial charge in [0, 0.05) is 69.4 Å². The second-order valence-electron chi connectivity index (χ2n) is 15.6. The van der Waals surface area contributed by atoms with Crippen molar-refractivity contribution in [1.29, 1.82) is 0 Å². The third-order valence-corrected chi connectivity index (χ3v) is 13.4. The van der Waals surface area contributed by atoms with Crippen LogP contribution < -0.4 is 4.90 Å². The molecule has 0 N–H and O–H groups in total. The first-order chi connectivity index (χ1) is 29.7. The maximum atomic E-state index is 6.74. The number of hydrogen-bond acceptors (Lipinski definition) is 4. The number of fused-ring (bicyclic) bond motifs is 13. The van der Waals surface area contributed by atoms with Gasteiger partial charge in [0.05, 0.1) is 5.69 Å². The summed E-state index contributed by atoms with van der Waals surface area (Å²) in [6.45, 7) is 0. The molecule has 0 amide bonds. The van der Waals surface area contributed by atoms with Crippen LogP contribution in [0.3, 0.4) is 0 Å². The molecule has 0 aliphatic carbocycles. The highest BCUT2D eigenvalue weighted by Gasteiger charge is 2.20. The molecule has 13 rings (SSSR count). The number of benzene rings is 10. The molecular formula is C56H33NO2S. The molecule has 0 atom stereocenters. The molecule has 0 saturated heterocycles. The topological polar surface area (TPSA) is 29.5 Å². The Labute approximate surface area is 348 Å². The van der Waals surface area contributed by atoms with Crippen LogP contribution in [0.5, 0.6) is 0 Å². The summed E-state index contributed by atoms with van der Waals surface area (Å²) >= 11 is 1.84. The standard InChI is InChI=1S/C56H33NO2S/c1-3-11-41-35(9-1)24-31-46-48-33-38(25-32-50(48)58-54(41)46)34-19-26-39(27-20-34)57(49-16-8-18-52-53(49)47-13-5-6-17-51(47)60-52)40-28-21-37(22-29-40)43-14-7-15-44-45-30-23-36-10-2-4-12-42(36)56(45)59-55(43)44/h1-33H. The van der Waals surface area contributed by atoms with E-state index in [4.69, 9.17) is 8.83 Å². The zero-order valence-corrected chi connectivity index (χ0v) is 33.0. The summed E-state index contributed by atoms with van der Waals surface area (Å²) in [5.41, 5.74) is 11.5. The van der Waals surface area contributed by atoms with Crippen molar-refractivity contribution in [3.8, 4) is 22.3 Å². The van der Waals surface area contributed by atoms with Gasteiger partial charge < -0.3 is 13.7 Å². The van der Waals surface area contributed by atoms with Gasteiger partial charge in [0.1, 0.15) is 22.3 Å². The maximum absolute atomic E-state index is 6.74. The normalized spacial score (nSPS) is 12.0. The lowest BCUT2D eigenvalue weighted by Gasteiger charge is -2.27. The number of hydrogen-bond donors (Lipinski definition) is 0. The van der Waals surface area contributed by atoms with Gasteiger partial charge in [0.25, 0.3) is 0 Å². The zero-order valence-electron chi connectivity index (χ0n) is 32.2. The number of anilines is 3. The molecule has 13 aromatic rings. The SMILES string of the molecule is c1ccc2c(c1)ccc1c3cc(-c4ccc(N(c5ccc(-c6cccc7c6oc6c8ccccc8ccc76)cc5)c5cccc6sc7ccccc7c56)cc4)ccc3oc21. The van der Waals surface area contributed by atoms with Gasteiger partial charge in [-0.3, -0.25) is 0 Å². The molecule has 0 unspecified atom stereocenters. The monoisotopic (exact) mass is 783 g/mol. The van der Waals surface area contributed by atoms with Crippen LogP contribution in [-0.2, 0) is 0 Å². The van der Waals surface area contributed by atoms with Gasteiger partial charge in [-0.15, -0.1) is 11.3 Å². The second kappa shape index (κ2) is 12.9. The largest absolute Gasteiger partial charge is 0.455 e. The van der Waals surface area contributed by atoms with E-state index in [1.807, 2.05) is 11.3 Å². The molecule has 3 heterocycles. The molecule has 0 bridgehead atoms. The quantitative estimate of drug-likeness (QED) is 0.174. The van der Waals surface area contributed by atoms with Gasteiger partial charge >= 0.3 is 0 Å². The third kappa shape index (κ3) is 5.01. The summed E-state index contributed by atoms with van der Waals surface area (Å²) < 4.78 is 15.7. The molecule has 0 aliphatic heterocycles. The van der Waals surface area contributed by atoms with Crippen LogP contribution in [0.4, 0.5) is 17.1 Å². The van der Waals surface area contributed by atoms with Crippen molar-refractivity contribution < 1.29 is 8.83 Å². The first-order valence-corrected chi connectivity index (χ1v) is 21.1. The molecule has 0 radical (unpaired) electrons. The van der Waals surface area contributed by atoms with E-state index in [9.17, 15) is 0 Å². The molecule has 0 saturated carbocycles. The van der Waals surface area contributed by atoms with Crippen molar-refractivity contribution in [3.05, 3.63) is 200 Å². The Hall–Kier alpha value is -7.66. The Morgan fingerprint density at radius 2 is 0.917 bits per heavy atom. The van der Waals surface area contributed by atoms with Gasteiger partial charge in [-0.05, 0) is 94.2 Å². The average Bonchev–Trinajstić information content (AvgIpc) is 4.01. The van der Waals surface area contributed by atoms with Crippen LogP contribution in [0.15, 0.2) is 209 Å². The van der Waals surface area contributed by atoms with Crippen molar-refractivity contribution in [3.63, 3.8) is 0 Å². The van der Waals surface area contributed by atoms with Gasteiger partial charge in [-0.1, -0.05) is 133 Å². The number of thiophene rings is 1. The van der Waals surface area contributed by atoms with E-state index in [1.54, 1.807) is 0 Å². The summed E-state index contributed by atoms with van der Waals surface area (Å²) in [6.07, 6.45) is 0. The maximum Gasteiger partial charge on any atom is 0.143 e. The number of rotatable bonds is 5. The predicted octanol–water partition coefficient (Wildman–Crippen LogP) is 17.0. The molecule has 3 nitrogen and oxygen atoms in total. The van der Waals surface area contributed by atoms with E-state index in [0.29, 0.717) is 0 Å². The van der Waals surface area contributed by atoms with Gasteiger partial charge in [-0.25, -0.2) is 0 Å². The lowest BCUT2D eigenvalue weighted by Crippen LogP contribution is -2.10. The summed E-state index contributed by atoms with van der Waals surface area (Å²) in [5.74, 6) is 0. The average molecular weight is 784 g/mol. The molecule has 0 fully saturated rings. The Morgan fingerprint density at radius 1 is 0.350 bits per heavy atom. The first-order valence-electron chi connectivity index (χ1n) is 20.3. The number of para-hydroxylation sites is 1. The number of nitrogens with zero attached hydrogens (tertiary/aromatic N) is 1. The highest BCUT2D eigenvalue weighted by molar-refractivity contribution is 7.26. The van der Waals surface area contributed by atoms with Crippen molar-refractivity contribution in [2.45, 2.75) is 0 Å². The van der Waals surface area contributed by atoms with Gasteiger partial charge in [-0.2, -0.15) is 0 Å². The summed E-state index contributed by atoms with van der Waals surface area (Å²) in [6, 6.07) is 72.0. The summed E-state index contributed by atoms with van der Waals surface area (Å²) in [7, 11) is 0. The lowest BCUT2D eigenvalue weighted by molar-refractivity contribution is 0.672. The fraction of sp³-hybridized carbons (Fsp3) is 0. The fourth-order valence-electron chi connectivity index (χ4n) is 9.40. The van der Waals surface area contributed by atoms with Crippen LogP contribution in [0.1, 0.15) is 0 Å². The molecule has 280 valence electrons. The zero-order chi connectivity index (χ0) is 39.3. The highest BCUT2D eigenvalue weighted by Crippen LogP contribution is 2.46. The van der Waals surface area contributed by atoms with Crippen LogP contribution >= 0.6 is 11.3 Å². The van der Waals surface area contributed by atoms with E-state index in [2.05, 4.69) is 205 Å². The first kappa shape index (κ1) is 33.3. The Bertz CT molecular complexity index is 3830.